The van der Waals surface area contributed by atoms with Gasteiger partial charge in [-0.25, -0.2) is 4.98 Å². The van der Waals surface area contributed by atoms with Gasteiger partial charge in [-0.1, -0.05) is 6.92 Å². The van der Waals surface area contributed by atoms with Crippen molar-refractivity contribution >= 4 is 0 Å². The first-order valence-electron chi connectivity index (χ1n) is 7.44. The molecule has 2 heterocycles. The SMILES string of the molecule is CCN1CCC(Cn2cncc2CNC(C)(C)C)C1. The molecule has 0 saturated carbocycles. The molecule has 1 aromatic rings. The first kappa shape index (κ1) is 14.5. The highest BCUT2D eigenvalue weighted by Gasteiger charge is 2.22. The van der Waals surface area contributed by atoms with Crippen LogP contribution < -0.4 is 5.32 Å². The fourth-order valence-corrected chi connectivity index (χ4v) is 2.64. The van der Waals surface area contributed by atoms with E-state index in [0.717, 1.165) is 19.0 Å². The minimum absolute atomic E-state index is 0.154. The number of imidazole rings is 1. The minimum Gasteiger partial charge on any atom is -0.333 e. The van der Waals surface area contributed by atoms with Gasteiger partial charge in [0.1, 0.15) is 0 Å². The summed E-state index contributed by atoms with van der Waals surface area (Å²) < 4.78 is 2.32. The quantitative estimate of drug-likeness (QED) is 0.884. The van der Waals surface area contributed by atoms with Gasteiger partial charge in [0.15, 0.2) is 0 Å². The zero-order valence-corrected chi connectivity index (χ0v) is 12.8. The van der Waals surface area contributed by atoms with Gasteiger partial charge in [0.2, 0.25) is 0 Å². The van der Waals surface area contributed by atoms with Crippen molar-refractivity contribution in [1.29, 1.82) is 0 Å². The number of nitrogens with zero attached hydrogens (tertiary/aromatic N) is 3. The summed E-state index contributed by atoms with van der Waals surface area (Å²) in [5.41, 5.74) is 1.45. The molecule has 4 heteroatoms. The molecule has 0 aliphatic carbocycles. The normalized spacial score (nSPS) is 21.2. The molecule has 4 nitrogen and oxygen atoms in total. The standard InChI is InChI=1S/C15H28N4/c1-5-18-7-6-13(10-18)11-19-12-16-8-14(19)9-17-15(2,3)4/h8,12-13,17H,5-7,9-11H2,1-4H3. The van der Waals surface area contributed by atoms with E-state index in [2.05, 4.69) is 47.5 Å². The van der Waals surface area contributed by atoms with Crippen molar-refractivity contribution in [3.63, 3.8) is 0 Å². The van der Waals surface area contributed by atoms with Crippen molar-refractivity contribution in [2.75, 3.05) is 19.6 Å². The van der Waals surface area contributed by atoms with E-state index < -0.39 is 0 Å². The maximum absolute atomic E-state index is 4.31. The highest BCUT2D eigenvalue weighted by atomic mass is 15.2. The van der Waals surface area contributed by atoms with Gasteiger partial charge in [-0.3, -0.25) is 0 Å². The molecule has 1 aliphatic heterocycles. The maximum Gasteiger partial charge on any atom is 0.0948 e. The predicted molar refractivity (Wildman–Crippen MR) is 79.0 cm³/mol. The van der Waals surface area contributed by atoms with Crippen LogP contribution in [0.25, 0.3) is 0 Å². The first-order chi connectivity index (χ1) is 8.98. The summed E-state index contributed by atoms with van der Waals surface area (Å²) in [4.78, 5) is 6.85. The van der Waals surface area contributed by atoms with Crippen LogP contribution in [0.2, 0.25) is 0 Å². The van der Waals surface area contributed by atoms with Crippen molar-refractivity contribution in [2.24, 2.45) is 5.92 Å². The second-order valence-corrected chi connectivity index (χ2v) is 6.69. The summed E-state index contributed by atoms with van der Waals surface area (Å²) in [6.45, 7) is 14.5. The third-order valence-electron chi connectivity index (χ3n) is 3.87. The summed E-state index contributed by atoms with van der Waals surface area (Å²) in [5, 5.41) is 3.54. The zero-order valence-electron chi connectivity index (χ0n) is 12.8. The molecule has 0 radical (unpaired) electrons. The smallest absolute Gasteiger partial charge is 0.0948 e. The van der Waals surface area contributed by atoms with Crippen molar-refractivity contribution in [3.05, 3.63) is 18.2 Å². The van der Waals surface area contributed by atoms with E-state index in [0.29, 0.717) is 0 Å². The largest absolute Gasteiger partial charge is 0.333 e. The van der Waals surface area contributed by atoms with Gasteiger partial charge in [-0.15, -0.1) is 0 Å². The Labute approximate surface area is 117 Å². The molecule has 0 spiro atoms. The van der Waals surface area contributed by atoms with Gasteiger partial charge < -0.3 is 14.8 Å². The third-order valence-corrected chi connectivity index (χ3v) is 3.87. The molecule has 1 saturated heterocycles. The molecule has 2 rings (SSSR count). The van der Waals surface area contributed by atoms with E-state index in [1.54, 1.807) is 0 Å². The van der Waals surface area contributed by atoms with Gasteiger partial charge in [-0.2, -0.15) is 0 Å². The number of rotatable bonds is 5. The zero-order chi connectivity index (χ0) is 13.9. The summed E-state index contributed by atoms with van der Waals surface area (Å²) >= 11 is 0. The Balaban J connectivity index is 1.89. The molecule has 1 aliphatic rings. The monoisotopic (exact) mass is 264 g/mol. The minimum atomic E-state index is 0.154. The van der Waals surface area contributed by atoms with E-state index >= 15 is 0 Å². The Bertz CT molecular complexity index is 391. The summed E-state index contributed by atoms with van der Waals surface area (Å²) in [5.74, 6) is 0.780. The highest BCUT2D eigenvalue weighted by molar-refractivity contribution is 4.99. The average molecular weight is 264 g/mol. The van der Waals surface area contributed by atoms with Gasteiger partial charge >= 0.3 is 0 Å². The maximum atomic E-state index is 4.31. The Morgan fingerprint density at radius 3 is 2.84 bits per heavy atom. The molecular weight excluding hydrogens is 236 g/mol. The van der Waals surface area contributed by atoms with Gasteiger partial charge in [-0.05, 0) is 46.2 Å². The number of hydrogen-bond donors (Lipinski definition) is 1. The Morgan fingerprint density at radius 1 is 1.42 bits per heavy atom. The lowest BCUT2D eigenvalue weighted by atomic mass is 10.1. The van der Waals surface area contributed by atoms with Gasteiger partial charge in [0.05, 0.1) is 12.0 Å². The lowest BCUT2D eigenvalue weighted by Gasteiger charge is -2.21. The summed E-state index contributed by atoms with van der Waals surface area (Å²) in [7, 11) is 0. The van der Waals surface area contributed by atoms with Gasteiger partial charge in [0.25, 0.3) is 0 Å². The number of nitrogens with one attached hydrogen (secondary N) is 1. The fraction of sp³-hybridized carbons (Fsp3) is 0.800. The van der Waals surface area contributed by atoms with Crippen LogP contribution in [-0.2, 0) is 13.1 Å². The van der Waals surface area contributed by atoms with Crippen LogP contribution in [0.1, 0.15) is 39.8 Å². The molecule has 108 valence electrons. The molecule has 0 bridgehead atoms. The van der Waals surface area contributed by atoms with E-state index in [4.69, 9.17) is 0 Å². The summed E-state index contributed by atoms with van der Waals surface area (Å²) in [6.07, 6.45) is 5.29. The predicted octanol–water partition coefficient (Wildman–Crippen LogP) is 2.11. The van der Waals surface area contributed by atoms with Crippen LogP contribution in [0.4, 0.5) is 0 Å². The number of aromatic nitrogens is 2. The van der Waals surface area contributed by atoms with Crippen LogP contribution in [0, 0.1) is 5.92 Å². The lowest BCUT2D eigenvalue weighted by Crippen LogP contribution is -2.35. The average Bonchev–Trinajstić information content (AvgIpc) is 2.95. The molecular formula is C15H28N4. The molecule has 1 aromatic heterocycles. The van der Waals surface area contributed by atoms with Crippen molar-refractivity contribution in [1.82, 2.24) is 19.8 Å². The van der Waals surface area contributed by atoms with Crippen LogP contribution in [0.15, 0.2) is 12.5 Å². The second-order valence-electron chi connectivity index (χ2n) is 6.69. The van der Waals surface area contributed by atoms with E-state index in [1.165, 1.54) is 31.7 Å². The summed E-state index contributed by atoms with van der Waals surface area (Å²) in [6, 6.07) is 0. The Hall–Kier alpha value is -0.870. The Morgan fingerprint density at radius 2 is 2.21 bits per heavy atom. The number of likely N-dealkylation sites (tertiary alicyclic amines) is 1. The highest BCUT2D eigenvalue weighted by Crippen LogP contribution is 2.18. The molecule has 19 heavy (non-hydrogen) atoms. The number of hydrogen-bond acceptors (Lipinski definition) is 3. The second kappa shape index (κ2) is 6.06. The van der Waals surface area contributed by atoms with Crippen LogP contribution in [0.3, 0.4) is 0 Å². The topological polar surface area (TPSA) is 33.1 Å². The van der Waals surface area contributed by atoms with Crippen LogP contribution in [-0.4, -0.2) is 39.6 Å². The Kier molecular flexibility index (Phi) is 4.63. The van der Waals surface area contributed by atoms with E-state index in [-0.39, 0.29) is 5.54 Å². The molecule has 1 N–H and O–H groups in total. The lowest BCUT2D eigenvalue weighted by molar-refractivity contribution is 0.330. The van der Waals surface area contributed by atoms with Crippen molar-refractivity contribution in [2.45, 2.75) is 52.7 Å². The van der Waals surface area contributed by atoms with Crippen molar-refractivity contribution in [3.8, 4) is 0 Å². The molecule has 0 aromatic carbocycles. The first-order valence-corrected chi connectivity index (χ1v) is 7.44. The van der Waals surface area contributed by atoms with Crippen LogP contribution in [0.5, 0.6) is 0 Å². The fourth-order valence-electron chi connectivity index (χ4n) is 2.64. The van der Waals surface area contributed by atoms with Gasteiger partial charge in [0, 0.05) is 31.4 Å². The van der Waals surface area contributed by atoms with Crippen LogP contribution >= 0.6 is 0 Å². The van der Waals surface area contributed by atoms with Crippen molar-refractivity contribution < 1.29 is 0 Å². The van der Waals surface area contributed by atoms with E-state index in [1.807, 2.05) is 12.5 Å². The molecule has 0 amide bonds. The van der Waals surface area contributed by atoms with E-state index in [9.17, 15) is 0 Å². The molecule has 1 atom stereocenters. The molecule has 1 fully saturated rings. The third kappa shape index (κ3) is 4.32. The molecule has 1 unspecified atom stereocenters.